The molecule has 0 unspecified atom stereocenters. The maximum atomic E-state index is 12.8. The van der Waals surface area contributed by atoms with E-state index in [2.05, 4.69) is 4.72 Å². The fourth-order valence-electron chi connectivity index (χ4n) is 2.98. The molecule has 0 saturated carbocycles. The van der Waals surface area contributed by atoms with Gasteiger partial charge in [-0.1, -0.05) is 48.5 Å². The second kappa shape index (κ2) is 6.26. The van der Waals surface area contributed by atoms with Crippen molar-refractivity contribution < 1.29 is 13.2 Å². The molecule has 1 aliphatic heterocycles. The molecule has 0 bridgehead atoms. The maximum absolute atomic E-state index is 12.8. The molecule has 0 radical (unpaired) electrons. The van der Waals surface area contributed by atoms with Crippen LogP contribution in [0.15, 0.2) is 77.7 Å². The molecule has 1 aliphatic rings. The lowest BCUT2D eigenvalue weighted by molar-refractivity contribution is 0.356. The van der Waals surface area contributed by atoms with E-state index in [9.17, 15) is 8.42 Å². The zero-order valence-corrected chi connectivity index (χ0v) is 14.3. The van der Waals surface area contributed by atoms with Gasteiger partial charge < -0.3 is 4.74 Å². The van der Waals surface area contributed by atoms with Crippen LogP contribution in [0.2, 0.25) is 0 Å². The number of rotatable bonds is 4. The van der Waals surface area contributed by atoms with Crippen LogP contribution in [0.4, 0.5) is 5.69 Å². The average Bonchev–Trinajstić information content (AvgIpc) is 3.10. The highest BCUT2D eigenvalue weighted by molar-refractivity contribution is 7.92. The summed E-state index contributed by atoms with van der Waals surface area (Å²) in [5, 5.41) is 0. The number of para-hydroxylation sites is 1. The Bertz CT molecular complexity index is 1010. The molecule has 0 aliphatic carbocycles. The number of anilines is 1. The SMILES string of the molecule is O=S(=O)(Nc1ccccc1-c1ccccc1)c1ccc2c(c1)CCO2. The van der Waals surface area contributed by atoms with Crippen LogP contribution in [-0.2, 0) is 16.4 Å². The molecule has 1 N–H and O–H groups in total. The van der Waals surface area contributed by atoms with Crippen molar-refractivity contribution >= 4 is 15.7 Å². The van der Waals surface area contributed by atoms with Crippen molar-refractivity contribution in [3.63, 3.8) is 0 Å². The minimum absolute atomic E-state index is 0.250. The van der Waals surface area contributed by atoms with Gasteiger partial charge in [0.2, 0.25) is 0 Å². The predicted octanol–water partition coefficient (Wildman–Crippen LogP) is 4.09. The standard InChI is InChI=1S/C20H17NO3S/c22-25(23,17-10-11-20-16(14-17)12-13-24-20)21-19-9-5-4-8-18(19)15-6-2-1-3-7-15/h1-11,14,21H,12-13H2. The Hall–Kier alpha value is -2.79. The quantitative estimate of drug-likeness (QED) is 0.770. The summed E-state index contributed by atoms with van der Waals surface area (Å²) >= 11 is 0. The van der Waals surface area contributed by atoms with Gasteiger partial charge >= 0.3 is 0 Å². The molecule has 0 fully saturated rings. The highest BCUT2D eigenvalue weighted by atomic mass is 32.2. The topological polar surface area (TPSA) is 55.4 Å². The molecular weight excluding hydrogens is 334 g/mol. The number of nitrogens with one attached hydrogen (secondary N) is 1. The van der Waals surface area contributed by atoms with Crippen LogP contribution in [0, 0.1) is 0 Å². The highest BCUT2D eigenvalue weighted by Gasteiger charge is 2.20. The second-order valence-electron chi connectivity index (χ2n) is 5.89. The first kappa shape index (κ1) is 15.7. The molecule has 4 rings (SSSR count). The van der Waals surface area contributed by atoms with E-state index in [1.54, 1.807) is 24.3 Å². The Labute approximate surface area is 147 Å². The minimum Gasteiger partial charge on any atom is -0.493 e. The van der Waals surface area contributed by atoms with Crippen molar-refractivity contribution in [2.45, 2.75) is 11.3 Å². The van der Waals surface area contributed by atoms with Gasteiger partial charge in [0, 0.05) is 12.0 Å². The lowest BCUT2D eigenvalue weighted by Crippen LogP contribution is -2.13. The molecule has 3 aromatic carbocycles. The van der Waals surface area contributed by atoms with E-state index < -0.39 is 10.0 Å². The highest BCUT2D eigenvalue weighted by Crippen LogP contribution is 2.31. The lowest BCUT2D eigenvalue weighted by Gasteiger charge is -2.13. The smallest absolute Gasteiger partial charge is 0.261 e. The number of sulfonamides is 1. The Kier molecular flexibility index (Phi) is 3.93. The average molecular weight is 351 g/mol. The molecule has 0 aromatic heterocycles. The first-order valence-electron chi connectivity index (χ1n) is 8.06. The summed E-state index contributed by atoms with van der Waals surface area (Å²) in [4.78, 5) is 0.250. The Morgan fingerprint density at radius 2 is 1.64 bits per heavy atom. The fraction of sp³-hybridized carbons (Fsp3) is 0.100. The van der Waals surface area contributed by atoms with Gasteiger partial charge in [-0.15, -0.1) is 0 Å². The van der Waals surface area contributed by atoms with E-state index in [-0.39, 0.29) is 4.90 Å². The lowest BCUT2D eigenvalue weighted by atomic mass is 10.0. The van der Waals surface area contributed by atoms with Crippen LogP contribution < -0.4 is 9.46 Å². The van der Waals surface area contributed by atoms with Gasteiger partial charge in [-0.2, -0.15) is 0 Å². The molecule has 25 heavy (non-hydrogen) atoms. The molecule has 3 aromatic rings. The van der Waals surface area contributed by atoms with Gasteiger partial charge in [0.05, 0.1) is 17.2 Å². The summed E-state index contributed by atoms with van der Waals surface area (Å²) in [6, 6.07) is 22.1. The molecule has 0 spiro atoms. The van der Waals surface area contributed by atoms with Gasteiger partial charge in [0.25, 0.3) is 10.0 Å². The molecule has 126 valence electrons. The summed E-state index contributed by atoms with van der Waals surface area (Å²) in [5.74, 6) is 0.767. The number of benzene rings is 3. The van der Waals surface area contributed by atoms with Gasteiger partial charge in [-0.05, 0) is 35.4 Å². The van der Waals surface area contributed by atoms with E-state index in [1.165, 1.54) is 0 Å². The molecule has 0 atom stereocenters. The van der Waals surface area contributed by atoms with Crippen molar-refractivity contribution in [1.29, 1.82) is 0 Å². The molecule has 1 heterocycles. The zero-order chi connectivity index (χ0) is 17.3. The first-order chi connectivity index (χ1) is 12.1. The first-order valence-corrected chi connectivity index (χ1v) is 9.55. The van der Waals surface area contributed by atoms with Gasteiger partial charge in [0.1, 0.15) is 5.75 Å². The number of hydrogen-bond acceptors (Lipinski definition) is 3. The molecule has 5 heteroatoms. The number of hydrogen-bond donors (Lipinski definition) is 1. The van der Waals surface area contributed by atoms with Gasteiger partial charge in [0.15, 0.2) is 0 Å². The van der Waals surface area contributed by atoms with Crippen LogP contribution in [0.25, 0.3) is 11.1 Å². The number of fused-ring (bicyclic) bond motifs is 1. The monoisotopic (exact) mass is 351 g/mol. The normalized spacial score (nSPS) is 13.1. The van der Waals surface area contributed by atoms with Crippen molar-refractivity contribution in [2.24, 2.45) is 0 Å². The zero-order valence-electron chi connectivity index (χ0n) is 13.5. The van der Waals surface area contributed by atoms with E-state index >= 15 is 0 Å². The van der Waals surface area contributed by atoms with E-state index in [0.29, 0.717) is 12.3 Å². The molecular formula is C20H17NO3S. The summed E-state index contributed by atoms with van der Waals surface area (Å²) in [5.41, 5.74) is 3.30. The van der Waals surface area contributed by atoms with Crippen molar-refractivity contribution in [2.75, 3.05) is 11.3 Å². The summed E-state index contributed by atoms with van der Waals surface area (Å²) in [7, 11) is -3.67. The molecule has 0 saturated heterocycles. The predicted molar refractivity (Wildman–Crippen MR) is 98.3 cm³/mol. The van der Waals surface area contributed by atoms with Crippen molar-refractivity contribution in [3.05, 3.63) is 78.4 Å². The summed E-state index contributed by atoms with van der Waals surface area (Å²) in [6.45, 7) is 0.600. The van der Waals surface area contributed by atoms with Crippen LogP contribution in [-0.4, -0.2) is 15.0 Å². The maximum Gasteiger partial charge on any atom is 0.261 e. The van der Waals surface area contributed by atoms with Crippen LogP contribution in [0.1, 0.15) is 5.56 Å². The Balaban J connectivity index is 1.71. The third kappa shape index (κ3) is 3.10. The van der Waals surface area contributed by atoms with Crippen molar-refractivity contribution in [1.82, 2.24) is 0 Å². The minimum atomic E-state index is -3.67. The summed E-state index contributed by atoms with van der Waals surface area (Å²) < 4.78 is 33.8. The van der Waals surface area contributed by atoms with Crippen LogP contribution in [0.3, 0.4) is 0 Å². The van der Waals surface area contributed by atoms with Crippen LogP contribution >= 0.6 is 0 Å². The second-order valence-corrected chi connectivity index (χ2v) is 7.57. The van der Waals surface area contributed by atoms with Gasteiger partial charge in [-0.3, -0.25) is 4.72 Å². The third-order valence-corrected chi connectivity index (χ3v) is 5.59. The number of ether oxygens (including phenoxy) is 1. The Morgan fingerprint density at radius 3 is 2.48 bits per heavy atom. The molecule has 4 nitrogen and oxygen atoms in total. The van der Waals surface area contributed by atoms with E-state index in [1.807, 2.05) is 48.5 Å². The fourth-order valence-corrected chi connectivity index (χ4v) is 4.11. The Morgan fingerprint density at radius 1 is 0.880 bits per heavy atom. The summed E-state index contributed by atoms with van der Waals surface area (Å²) in [6.07, 6.45) is 0.735. The van der Waals surface area contributed by atoms with Gasteiger partial charge in [-0.25, -0.2) is 8.42 Å². The third-order valence-electron chi connectivity index (χ3n) is 4.23. The van der Waals surface area contributed by atoms with E-state index in [4.69, 9.17) is 4.74 Å². The van der Waals surface area contributed by atoms with Crippen molar-refractivity contribution in [3.8, 4) is 16.9 Å². The van der Waals surface area contributed by atoms with E-state index in [0.717, 1.165) is 28.9 Å². The molecule has 0 amide bonds. The van der Waals surface area contributed by atoms with Crippen LogP contribution in [0.5, 0.6) is 5.75 Å². The largest absolute Gasteiger partial charge is 0.493 e.